The number of rotatable bonds is 2. The van der Waals surface area contributed by atoms with E-state index in [9.17, 15) is 9.59 Å². The molecule has 0 aliphatic heterocycles. The maximum absolute atomic E-state index is 11.2. The summed E-state index contributed by atoms with van der Waals surface area (Å²) in [6.07, 6.45) is 2.84. The van der Waals surface area contributed by atoms with E-state index in [4.69, 9.17) is 0 Å². The fraction of sp³-hybridized carbons (Fsp3) is 0.0909. The van der Waals surface area contributed by atoms with E-state index in [1.165, 1.54) is 12.5 Å². The van der Waals surface area contributed by atoms with Gasteiger partial charge in [-0.1, -0.05) is 0 Å². The fourth-order valence-electron chi connectivity index (χ4n) is 1.27. The summed E-state index contributed by atoms with van der Waals surface area (Å²) in [4.78, 5) is 22.5. The molecule has 0 bridgehead atoms. The second kappa shape index (κ2) is 3.96. The standard InChI is InChI=1S/C11H8O4/c12-10-8(3-1-5-14-10)7-9-4-2-6-15-11(9)13/h1-6H,7H2. The molecule has 0 N–H and O–H groups in total. The van der Waals surface area contributed by atoms with E-state index < -0.39 is 11.3 Å². The highest BCUT2D eigenvalue weighted by atomic mass is 16.4. The first-order chi connectivity index (χ1) is 7.27. The molecule has 0 aromatic carbocycles. The van der Waals surface area contributed by atoms with Crippen molar-refractivity contribution in [1.82, 2.24) is 0 Å². The molecule has 4 heteroatoms. The Balaban J connectivity index is 2.39. The van der Waals surface area contributed by atoms with E-state index >= 15 is 0 Å². The van der Waals surface area contributed by atoms with Crippen LogP contribution in [0.2, 0.25) is 0 Å². The quantitative estimate of drug-likeness (QED) is 0.737. The second-order valence-corrected chi connectivity index (χ2v) is 3.03. The van der Waals surface area contributed by atoms with Gasteiger partial charge in [0.05, 0.1) is 12.5 Å². The first-order valence-corrected chi connectivity index (χ1v) is 4.41. The first kappa shape index (κ1) is 9.45. The predicted molar refractivity (Wildman–Crippen MR) is 52.8 cm³/mol. The molecule has 2 rings (SSSR count). The normalized spacial score (nSPS) is 10.1. The zero-order valence-corrected chi connectivity index (χ0v) is 7.80. The zero-order valence-electron chi connectivity index (χ0n) is 7.80. The molecule has 0 unspecified atom stereocenters. The molecular weight excluding hydrogens is 196 g/mol. The summed E-state index contributed by atoms with van der Waals surface area (Å²) in [5, 5.41) is 0. The van der Waals surface area contributed by atoms with Crippen molar-refractivity contribution in [3.63, 3.8) is 0 Å². The molecule has 0 aliphatic rings. The van der Waals surface area contributed by atoms with Gasteiger partial charge in [0.1, 0.15) is 0 Å². The van der Waals surface area contributed by atoms with E-state index in [1.807, 2.05) is 0 Å². The second-order valence-electron chi connectivity index (χ2n) is 3.03. The molecule has 0 atom stereocenters. The molecule has 0 saturated heterocycles. The maximum atomic E-state index is 11.2. The molecule has 0 fully saturated rings. The topological polar surface area (TPSA) is 60.4 Å². The third-order valence-corrected chi connectivity index (χ3v) is 2.01. The van der Waals surface area contributed by atoms with Gasteiger partial charge < -0.3 is 8.83 Å². The van der Waals surface area contributed by atoms with Gasteiger partial charge in [0.25, 0.3) is 0 Å². The van der Waals surface area contributed by atoms with Crippen LogP contribution in [0, 0.1) is 0 Å². The highest BCUT2D eigenvalue weighted by molar-refractivity contribution is 5.19. The summed E-state index contributed by atoms with van der Waals surface area (Å²) in [5.74, 6) is 0. The lowest BCUT2D eigenvalue weighted by molar-refractivity contribution is 0.494. The van der Waals surface area contributed by atoms with Crippen molar-refractivity contribution in [3.05, 3.63) is 68.8 Å². The Labute approximate surface area is 84.8 Å². The lowest BCUT2D eigenvalue weighted by atomic mass is 10.1. The van der Waals surface area contributed by atoms with Gasteiger partial charge in [0.2, 0.25) is 0 Å². The van der Waals surface area contributed by atoms with Gasteiger partial charge in [-0.2, -0.15) is 0 Å². The maximum Gasteiger partial charge on any atom is 0.339 e. The average molecular weight is 204 g/mol. The Hall–Kier alpha value is -2.10. The molecule has 4 nitrogen and oxygen atoms in total. The Kier molecular flexibility index (Phi) is 2.49. The van der Waals surface area contributed by atoms with Crippen LogP contribution in [0.3, 0.4) is 0 Å². The van der Waals surface area contributed by atoms with Crippen molar-refractivity contribution in [2.75, 3.05) is 0 Å². The molecule has 15 heavy (non-hydrogen) atoms. The minimum atomic E-state index is -0.430. The summed E-state index contributed by atoms with van der Waals surface area (Å²) in [5.41, 5.74) is 0.0218. The predicted octanol–water partition coefficient (Wildman–Crippen LogP) is 1.18. The number of hydrogen-bond acceptors (Lipinski definition) is 4. The van der Waals surface area contributed by atoms with Crippen LogP contribution < -0.4 is 11.3 Å². The summed E-state index contributed by atoms with van der Waals surface area (Å²) >= 11 is 0. The Morgan fingerprint density at radius 1 is 0.867 bits per heavy atom. The van der Waals surface area contributed by atoms with Crippen LogP contribution in [-0.2, 0) is 6.42 Å². The lowest BCUT2D eigenvalue weighted by Crippen LogP contribution is -2.12. The molecule has 0 radical (unpaired) electrons. The van der Waals surface area contributed by atoms with Crippen LogP contribution in [0.15, 0.2) is 55.2 Å². The van der Waals surface area contributed by atoms with Crippen LogP contribution in [0.5, 0.6) is 0 Å². The summed E-state index contributed by atoms with van der Waals surface area (Å²) in [6, 6.07) is 6.47. The Bertz CT molecular complexity index is 513. The van der Waals surface area contributed by atoms with Crippen LogP contribution >= 0.6 is 0 Å². The van der Waals surface area contributed by atoms with Crippen molar-refractivity contribution >= 4 is 0 Å². The fourth-order valence-corrected chi connectivity index (χ4v) is 1.27. The lowest BCUT2D eigenvalue weighted by Gasteiger charge is -1.96. The molecule has 0 saturated carbocycles. The largest absolute Gasteiger partial charge is 0.431 e. The van der Waals surface area contributed by atoms with E-state index in [0.29, 0.717) is 11.1 Å². The van der Waals surface area contributed by atoms with Crippen LogP contribution in [-0.4, -0.2) is 0 Å². The van der Waals surface area contributed by atoms with E-state index in [1.54, 1.807) is 24.3 Å². The van der Waals surface area contributed by atoms with Gasteiger partial charge in [0.15, 0.2) is 0 Å². The van der Waals surface area contributed by atoms with Crippen molar-refractivity contribution in [1.29, 1.82) is 0 Å². The molecule has 2 aromatic rings. The molecule has 76 valence electrons. The SMILES string of the molecule is O=c1occcc1Cc1cccoc1=O. The van der Waals surface area contributed by atoms with Crippen LogP contribution in [0.1, 0.15) is 11.1 Å². The third kappa shape index (κ3) is 2.04. The van der Waals surface area contributed by atoms with Crippen molar-refractivity contribution in [2.45, 2.75) is 6.42 Å². The molecule has 0 spiro atoms. The van der Waals surface area contributed by atoms with Crippen molar-refractivity contribution in [3.8, 4) is 0 Å². The third-order valence-electron chi connectivity index (χ3n) is 2.01. The molecular formula is C11H8O4. The van der Waals surface area contributed by atoms with Crippen molar-refractivity contribution in [2.24, 2.45) is 0 Å². The Morgan fingerprint density at radius 3 is 1.73 bits per heavy atom. The van der Waals surface area contributed by atoms with Gasteiger partial charge in [0, 0.05) is 17.5 Å². The molecule has 2 heterocycles. The highest BCUT2D eigenvalue weighted by Gasteiger charge is 2.05. The minimum Gasteiger partial charge on any atom is -0.431 e. The van der Waals surface area contributed by atoms with Gasteiger partial charge in [-0.15, -0.1) is 0 Å². The van der Waals surface area contributed by atoms with E-state index in [-0.39, 0.29) is 6.42 Å². The monoisotopic (exact) mass is 204 g/mol. The van der Waals surface area contributed by atoms with E-state index in [2.05, 4.69) is 8.83 Å². The van der Waals surface area contributed by atoms with Gasteiger partial charge in [-0.25, -0.2) is 9.59 Å². The molecule has 0 aliphatic carbocycles. The van der Waals surface area contributed by atoms with E-state index in [0.717, 1.165) is 0 Å². The molecule has 2 aromatic heterocycles. The first-order valence-electron chi connectivity index (χ1n) is 4.41. The highest BCUT2D eigenvalue weighted by Crippen LogP contribution is 2.00. The zero-order chi connectivity index (χ0) is 10.7. The Morgan fingerprint density at radius 2 is 1.33 bits per heavy atom. The van der Waals surface area contributed by atoms with Gasteiger partial charge >= 0.3 is 11.3 Å². The van der Waals surface area contributed by atoms with Crippen molar-refractivity contribution < 1.29 is 8.83 Å². The summed E-state index contributed by atoms with van der Waals surface area (Å²) in [6.45, 7) is 0. The molecule has 0 amide bonds. The number of hydrogen-bond donors (Lipinski definition) is 0. The van der Waals surface area contributed by atoms with Gasteiger partial charge in [-0.3, -0.25) is 0 Å². The minimum absolute atomic E-state index is 0.229. The smallest absolute Gasteiger partial charge is 0.339 e. The van der Waals surface area contributed by atoms with Gasteiger partial charge in [-0.05, 0) is 24.3 Å². The average Bonchev–Trinajstić information content (AvgIpc) is 2.24. The van der Waals surface area contributed by atoms with Crippen LogP contribution in [0.4, 0.5) is 0 Å². The summed E-state index contributed by atoms with van der Waals surface area (Å²) in [7, 11) is 0. The van der Waals surface area contributed by atoms with Crippen LogP contribution in [0.25, 0.3) is 0 Å². The summed E-state index contributed by atoms with van der Waals surface area (Å²) < 4.78 is 9.36.